The zero-order valence-electron chi connectivity index (χ0n) is 16.5. The van der Waals surface area contributed by atoms with Gasteiger partial charge in [0.15, 0.2) is 5.71 Å². The molecule has 0 saturated heterocycles. The Morgan fingerprint density at radius 1 is 1.13 bits per heavy atom. The van der Waals surface area contributed by atoms with Crippen LogP contribution in [0, 0.1) is 0 Å². The van der Waals surface area contributed by atoms with E-state index in [0.29, 0.717) is 16.5 Å². The lowest BCUT2D eigenvalue weighted by molar-refractivity contribution is -0.114. The molecular weight excluding hydrogens is 422 g/mol. The molecule has 6 nitrogen and oxygen atoms in total. The summed E-state index contributed by atoms with van der Waals surface area (Å²) in [6.45, 7) is 0.161. The number of pyridine rings is 1. The van der Waals surface area contributed by atoms with Crippen molar-refractivity contribution in [1.29, 1.82) is 0 Å². The van der Waals surface area contributed by atoms with Crippen molar-refractivity contribution < 1.29 is 14.4 Å². The van der Waals surface area contributed by atoms with Gasteiger partial charge in [0.25, 0.3) is 5.91 Å². The number of aromatic nitrogens is 1. The minimum Gasteiger partial charge on any atom is -0.472 e. The number of benzene rings is 2. The number of oxime groups is 1. The zero-order valence-corrected chi connectivity index (χ0v) is 18.0. The smallest absolute Gasteiger partial charge is 0.273 e. The van der Waals surface area contributed by atoms with Crippen molar-refractivity contribution in [3.8, 4) is 5.88 Å². The lowest BCUT2D eigenvalue weighted by atomic mass is 10.0. The molecule has 0 aliphatic rings. The summed E-state index contributed by atoms with van der Waals surface area (Å²) in [6.07, 6.45) is 1.72. The van der Waals surface area contributed by atoms with E-state index in [1.807, 2.05) is 54.6 Å². The fourth-order valence-electron chi connectivity index (χ4n) is 2.64. The fourth-order valence-corrected chi connectivity index (χ4v) is 3.77. The number of hydrogen-bond acceptors (Lipinski definition) is 6. The molecule has 1 heterocycles. The molecule has 30 heavy (non-hydrogen) atoms. The molecule has 1 N–H and O–H groups in total. The second-order valence-corrected chi connectivity index (χ2v) is 7.57. The van der Waals surface area contributed by atoms with Crippen LogP contribution in [-0.2, 0) is 16.2 Å². The first-order chi connectivity index (χ1) is 14.6. The van der Waals surface area contributed by atoms with Crippen LogP contribution in [-0.4, -0.2) is 30.8 Å². The van der Waals surface area contributed by atoms with Crippen LogP contribution in [0.15, 0.2) is 81.8 Å². The Labute approximate surface area is 184 Å². The summed E-state index contributed by atoms with van der Waals surface area (Å²) >= 11 is 7.94. The molecule has 0 saturated carbocycles. The summed E-state index contributed by atoms with van der Waals surface area (Å²) in [5, 5.41) is 6.82. The van der Waals surface area contributed by atoms with Gasteiger partial charge in [-0.05, 0) is 23.8 Å². The number of amides is 1. The van der Waals surface area contributed by atoms with Crippen molar-refractivity contribution >= 4 is 35.0 Å². The lowest BCUT2D eigenvalue weighted by Crippen LogP contribution is -2.29. The van der Waals surface area contributed by atoms with Crippen LogP contribution in [0.25, 0.3) is 0 Å². The molecule has 1 amide bonds. The average Bonchev–Trinajstić information content (AvgIpc) is 2.77. The van der Waals surface area contributed by atoms with Gasteiger partial charge in [0.2, 0.25) is 5.88 Å². The minimum atomic E-state index is -0.359. The van der Waals surface area contributed by atoms with Gasteiger partial charge in [-0.15, -0.1) is 0 Å². The van der Waals surface area contributed by atoms with E-state index in [-0.39, 0.29) is 18.2 Å². The third-order valence-electron chi connectivity index (χ3n) is 4.02. The van der Waals surface area contributed by atoms with Gasteiger partial charge in [0.1, 0.15) is 18.7 Å². The summed E-state index contributed by atoms with van der Waals surface area (Å²) in [7, 11) is 2.92. The van der Waals surface area contributed by atoms with Crippen LogP contribution in [0.1, 0.15) is 11.1 Å². The van der Waals surface area contributed by atoms with E-state index >= 15 is 0 Å². The molecule has 0 aliphatic carbocycles. The number of rotatable bonds is 8. The standard InChI is InChI=1S/C22H20ClN3O3S/c1-24-21(27)20(26-28-2)18-11-7-6-8-15(18)14-29-22-19(23)12-17(13-25-22)30-16-9-4-3-5-10-16/h3-13H,14H2,1-2H3,(H,24,27)/b26-20+. The van der Waals surface area contributed by atoms with E-state index in [2.05, 4.69) is 15.5 Å². The maximum atomic E-state index is 12.2. The summed E-state index contributed by atoms with van der Waals surface area (Å²) in [5.41, 5.74) is 1.51. The number of likely N-dealkylation sites (N-methyl/N-ethyl adjacent to an activating group) is 1. The highest BCUT2D eigenvalue weighted by molar-refractivity contribution is 7.99. The highest BCUT2D eigenvalue weighted by Crippen LogP contribution is 2.32. The van der Waals surface area contributed by atoms with Crippen LogP contribution >= 0.6 is 23.4 Å². The Bertz CT molecular complexity index is 1040. The lowest BCUT2D eigenvalue weighted by Gasteiger charge is -2.12. The van der Waals surface area contributed by atoms with Gasteiger partial charge < -0.3 is 14.9 Å². The van der Waals surface area contributed by atoms with Gasteiger partial charge in [0, 0.05) is 28.6 Å². The van der Waals surface area contributed by atoms with Gasteiger partial charge in [-0.2, -0.15) is 0 Å². The Kier molecular flexibility index (Phi) is 7.70. The molecule has 0 unspecified atom stereocenters. The molecule has 3 rings (SSSR count). The maximum absolute atomic E-state index is 12.2. The molecule has 3 aromatic rings. The predicted octanol–water partition coefficient (Wildman–Crippen LogP) is 4.56. The summed E-state index contributed by atoms with van der Waals surface area (Å²) < 4.78 is 5.83. The fraction of sp³-hybridized carbons (Fsp3) is 0.136. The number of nitrogens with one attached hydrogen (secondary N) is 1. The number of ether oxygens (including phenoxy) is 1. The third kappa shape index (κ3) is 5.52. The summed E-state index contributed by atoms with van der Waals surface area (Å²) in [4.78, 5) is 23.3. The average molecular weight is 442 g/mol. The number of carbonyl (C=O) groups is 1. The number of carbonyl (C=O) groups excluding carboxylic acids is 1. The number of halogens is 1. The van der Waals surface area contributed by atoms with Crippen molar-refractivity contribution in [1.82, 2.24) is 10.3 Å². The van der Waals surface area contributed by atoms with Crippen LogP contribution in [0.4, 0.5) is 0 Å². The topological polar surface area (TPSA) is 72.8 Å². The van der Waals surface area contributed by atoms with Crippen molar-refractivity contribution in [3.63, 3.8) is 0 Å². The van der Waals surface area contributed by atoms with Crippen molar-refractivity contribution in [2.75, 3.05) is 14.2 Å². The maximum Gasteiger partial charge on any atom is 0.273 e. The van der Waals surface area contributed by atoms with E-state index in [4.69, 9.17) is 21.2 Å². The monoisotopic (exact) mass is 441 g/mol. The van der Waals surface area contributed by atoms with E-state index in [9.17, 15) is 4.79 Å². The van der Waals surface area contributed by atoms with E-state index < -0.39 is 0 Å². The van der Waals surface area contributed by atoms with Crippen LogP contribution < -0.4 is 10.1 Å². The first-order valence-electron chi connectivity index (χ1n) is 9.05. The van der Waals surface area contributed by atoms with Gasteiger partial charge >= 0.3 is 0 Å². The highest BCUT2D eigenvalue weighted by Gasteiger charge is 2.18. The van der Waals surface area contributed by atoms with Gasteiger partial charge in [-0.1, -0.05) is 71.0 Å². The molecule has 154 valence electrons. The molecule has 0 aliphatic heterocycles. The quantitative estimate of drug-likeness (QED) is 0.409. The molecule has 1 aromatic heterocycles. The second-order valence-electron chi connectivity index (χ2n) is 6.02. The van der Waals surface area contributed by atoms with Gasteiger partial charge in [-0.3, -0.25) is 4.79 Å². The van der Waals surface area contributed by atoms with Crippen LogP contribution in [0.5, 0.6) is 5.88 Å². The minimum absolute atomic E-state index is 0.160. The third-order valence-corrected chi connectivity index (χ3v) is 5.26. The van der Waals surface area contributed by atoms with E-state index in [1.54, 1.807) is 24.0 Å². The molecule has 0 atom stereocenters. The highest BCUT2D eigenvalue weighted by atomic mass is 35.5. The molecule has 0 spiro atoms. The second kappa shape index (κ2) is 10.7. The Balaban J connectivity index is 1.76. The number of hydrogen-bond donors (Lipinski definition) is 1. The van der Waals surface area contributed by atoms with Gasteiger partial charge in [0.05, 0.1) is 0 Å². The summed E-state index contributed by atoms with van der Waals surface area (Å²) in [6, 6.07) is 19.1. The van der Waals surface area contributed by atoms with E-state index in [0.717, 1.165) is 15.4 Å². The normalized spacial score (nSPS) is 11.1. The van der Waals surface area contributed by atoms with Crippen LogP contribution in [0.3, 0.4) is 0 Å². The van der Waals surface area contributed by atoms with Crippen LogP contribution in [0.2, 0.25) is 5.02 Å². The molecule has 0 fully saturated rings. The predicted molar refractivity (Wildman–Crippen MR) is 118 cm³/mol. The Morgan fingerprint density at radius 2 is 1.87 bits per heavy atom. The first kappa shape index (κ1) is 21.7. The Hall–Kier alpha value is -3.03. The SMILES string of the molecule is CNC(=O)/C(=N/OC)c1ccccc1COc1ncc(Sc2ccccc2)cc1Cl. The van der Waals surface area contributed by atoms with Crippen molar-refractivity contribution in [2.24, 2.45) is 5.16 Å². The zero-order chi connectivity index (χ0) is 21.3. The first-order valence-corrected chi connectivity index (χ1v) is 10.2. The Morgan fingerprint density at radius 3 is 2.57 bits per heavy atom. The number of nitrogens with zero attached hydrogens (tertiary/aromatic N) is 2. The molecule has 0 radical (unpaired) electrons. The van der Waals surface area contributed by atoms with Crippen molar-refractivity contribution in [3.05, 3.63) is 83.0 Å². The summed E-state index contributed by atoms with van der Waals surface area (Å²) in [5.74, 6) is -0.0446. The molecule has 8 heteroatoms. The largest absolute Gasteiger partial charge is 0.472 e. The van der Waals surface area contributed by atoms with Gasteiger partial charge in [-0.25, -0.2) is 4.98 Å². The van der Waals surface area contributed by atoms with Crippen molar-refractivity contribution in [2.45, 2.75) is 16.4 Å². The molecule has 0 bridgehead atoms. The molecular formula is C22H20ClN3O3S. The molecule has 2 aromatic carbocycles. The van der Waals surface area contributed by atoms with E-state index in [1.165, 1.54) is 14.2 Å².